The molecule has 1 aromatic rings. The smallest absolute Gasteiger partial charge is 0.169 e. The molecule has 0 amide bonds. The van der Waals surface area contributed by atoms with Crippen LogP contribution < -0.4 is 0 Å². The van der Waals surface area contributed by atoms with Crippen LogP contribution in [-0.2, 0) is 4.79 Å². The molecule has 3 heteroatoms. The summed E-state index contributed by atoms with van der Waals surface area (Å²) in [7, 11) is 0. The van der Waals surface area contributed by atoms with E-state index in [1.165, 1.54) is 0 Å². The monoisotopic (exact) mass is 282 g/mol. The summed E-state index contributed by atoms with van der Waals surface area (Å²) in [4.78, 5) is 13.6. The van der Waals surface area contributed by atoms with E-state index >= 15 is 0 Å². The second-order valence-electron chi connectivity index (χ2n) is 3.44. The third-order valence-electron chi connectivity index (χ3n) is 2.25. The fourth-order valence-corrected chi connectivity index (χ4v) is 2.67. The van der Waals surface area contributed by atoms with Crippen molar-refractivity contribution in [3.8, 4) is 0 Å². The molecule has 0 saturated heterocycles. The first kappa shape index (κ1) is 11.0. The number of thioether (sulfide) groups is 1. The van der Waals surface area contributed by atoms with E-state index in [-0.39, 0.29) is 5.78 Å². The van der Waals surface area contributed by atoms with E-state index < -0.39 is 0 Å². The predicted molar refractivity (Wildman–Crippen MR) is 66.9 cm³/mol. The molecule has 2 rings (SSSR count). The molecule has 0 fully saturated rings. The molecule has 0 aromatic heterocycles. The van der Waals surface area contributed by atoms with Gasteiger partial charge in [0.2, 0.25) is 0 Å². The van der Waals surface area contributed by atoms with Crippen molar-refractivity contribution < 1.29 is 4.79 Å². The lowest BCUT2D eigenvalue weighted by atomic mass is 10.1. The molecule has 1 aromatic carbocycles. The van der Waals surface area contributed by atoms with Crippen molar-refractivity contribution in [3.05, 3.63) is 39.7 Å². The largest absolute Gasteiger partial charge is 0.294 e. The highest BCUT2D eigenvalue weighted by molar-refractivity contribution is 9.10. The van der Waals surface area contributed by atoms with Crippen LogP contribution >= 0.6 is 27.7 Å². The van der Waals surface area contributed by atoms with Gasteiger partial charge in [-0.25, -0.2) is 0 Å². The van der Waals surface area contributed by atoms with E-state index in [1.54, 1.807) is 11.8 Å². The summed E-state index contributed by atoms with van der Waals surface area (Å²) in [5, 5.41) is 0. The van der Waals surface area contributed by atoms with Crippen LogP contribution in [0, 0.1) is 0 Å². The Kier molecular flexibility index (Phi) is 3.65. The topological polar surface area (TPSA) is 17.1 Å². The molecule has 0 unspecified atom stereocenters. The van der Waals surface area contributed by atoms with Crippen molar-refractivity contribution >= 4 is 33.5 Å². The zero-order valence-electron chi connectivity index (χ0n) is 8.20. The summed E-state index contributed by atoms with van der Waals surface area (Å²) in [5.41, 5.74) is 0. The van der Waals surface area contributed by atoms with Gasteiger partial charge in [-0.05, 0) is 37.1 Å². The van der Waals surface area contributed by atoms with Crippen LogP contribution in [0.25, 0.3) is 0 Å². The van der Waals surface area contributed by atoms with Crippen LogP contribution in [0.5, 0.6) is 0 Å². The molecule has 1 aliphatic carbocycles. The number of carbonyl (C=O) groups is 1. The fraction of sp³-hybridized carbons (Fsp3) is 0.250. The second-order valence-corrected chi connectivity index (χ2v) is 5.47. The molecule has 0 spiro atoms. The average molecular weight is 283 g/mol. The molecule has 0 heterocycles. The van der Waals surface area contributed by atoms with Gasteiger partial charge in [0.1, 0.15) is 0 Å². The standard InChI is InChI=1S/C12H11BrOS/c13-9-5-7-10(8-6-9)15-12-4-2-1-3-11(12)14/h4-8H,1-3H2. The molecule has 0 aliphatic heterocycles. The van der Waals surface area contributed by atoms with E-state index in [4.69, 9.17) is 0 Å². The summed E-state index contributed by atoms with van der Waals surface area (Å²) in [6, 6.07) is 8.04. The number of halogens is 1. The third-order valence-corrected chi connectivity index (χ3v) is 3.90. The summed E-state index contributed by atoms with van der Waals surface area (Å²) in [6.07, 6.45) is 4.79. The number of ketones is 1. The highest BCUT2D eigenvalue weighted by Gasteiger charge is 2.14. The van der Waals surface area contributed by atoms with Gasteiger partial charge in [0, 0.05) is 15.8 Å². The first-order valence-corrected chi connectivity index (χ1v) is 6.53. The molecule has 78 valence electrons. The number of Topliss-reactive ketones (excluding diaryl/α,β-unsaturated/α-hetero) is 1. The molecular weight excluding hydrogens is 272 g/mol. The highest BCUT2D eigenvalue weighted by atomic mass is 79.9. The number of hydrogen-bond donors (Lipinski definition) is 0. The van der Waals surface area contributed by atoms with Crippen molar-refractivity contribution in [1.29, 1.82) is 0 Å². The van der Waals surface area contributed by atoms with E-state index in [9.17, 15) is 4.79 Å². The van der Waals surface area contributed by atoms with Crippen molar-refractivity contribution in [2.24, 2.45) is 0 Å². The van der Waals surface area contributed by atoms with E-state index in [0.717, 1.165) is 27.1 Å². The molecule has 0 radical (unpaired) electrons. The van der Waals surface area contributed by atoms with Crippen molar-refractivity contribution in [3.63, 3.8) is 0 Å². The molecule has 15 heavy (non-hydrogen) atoms. The molecule has 0 atom stereocenters. The Bertz CT molecular complexity index is 395. The van der Waals surface area contributed by atoms with Gasteiger partial charge < -0.3 is 0 Å². The van der Waals surface area contributed by atoms with Crippen LogP contribution in [0.2, 0.25) is 0 Å². The summed E-state index contributed by atoms with van der Waals surface area (Å²) >= 11 is 4.96. The zero-order chi connectivity index (χ0) is 10.7. The van der Waals surface area contributed by atoms with Crippen LogP contribution in [-0.4, -0.2) is 5.78 Å². The lowest BCUT2D eigenvalue weighted by Crippen LogP contribution is -2.03. The van der Waals surface area contributed by atoms with E-state index in [1.807, 2.05) is 24.3 Å². The third kappa shape index (κ3) is 2.95. The van der Waals surface area contributed by atoms with Crippen LogP contribution in [0.4, 0.5) is 0 Å². The van der Waals surface area contributed by atoms with Crippen LogP contribution in [0.1, 0.15) is 19.3 Å². The van der Waals surface area contributed by atoms with Crippen LogP contribution in [0.15, 0.2) is 44.6 Å². The quantitative estimate of drug-likeness (QED) is 0.810. The van der Waals surface area contributed by atoms with Gasteiger partial charge in [0.25, 0.3) is 0 Å². The van der Waals surface area contributed by atoms with Gasteiger partial charge in [0.15, 0.2) is 5.78 Å². The van der Waals surface area contributed by atoms with Crippen LogP contribution in [0.3, 0.4) is 0 Å². The first-order valence-electron chi connectivity index (χ1n) is 4.92. The van der Waals surface area contributed by atoms with E-state index in [0.29, 0.717) is 6.42 Å². The van der Waals surface area contributed by atoms with Gasteiger partial charge >= 0.3 is 0 Å². The molecule has 1 nitrogen and oxygen atoms in total. The van der Waals surface area contributed by atoms with Gasteiger partial charge in [-0.1, -0.05) is 33.8 Å². The summed E-state index contributed by atoms with van der Waals surface area (Å²) in [6.45, 7) is 0. The second kappa shape index (κ2) is 4.99. The van der Waals surface area contributed by atoms with Gasteiger partial charge in [0.05, 0.1) is 4.91 Å². The number of allylic oxidation sites excluding steroid dienone is 2. The minimum absolute atomic E-state index is 0.286. The number of hydrogen-bond acceptors (Lipinski definition) is 2. The number of rotatable bonds is 2. The molecule has 0 N–H and O–H groups in total. The predicted octanol–water partition coefficient (Wildman–Crippen LogP) is 4.18. The van der Waals surface area contributed by atoms with Gasteiger partial charge in [-0.2, -0.15) is 0 Å². The maximum absolute atomic E-state index is 11.6. The Morgan fingerprint density at radius 1 is 1.20 bits per heavy atom. The Balaban J connectivity index is 2.11. The Labute approximate surface area is 102 Å². The Morgan fingerprint density at radius 3 is 2.60 bits per heavy atom. The average Bonchev–Trinajstić information content (AvgIpc) is 2.25. The summed E-state index contributed by atoms with van der Waals surface area (Å²) in [5.74, 6) is 0.286. The number of benzene rings is 1. The summed E-state index contributed by atoms with van der Waals surface area (Å²) < 4.78 is 1.07. The maximum atomic E-state index is 11.6. The molecule has 1 aliphatic rings. The molecule has 0 saturated carbocycles. The minimum Gasteiger partial charge on any atom is -0.294 e. The van der Waals surface area contributed by atoms with Crippen molar-refractivity contribution in [2.75, 3.05) is 0 Å². The SMILES string of the molecule is O=C1CCCC=C1Sc1ccc(Br)cc1. The Morgan fingerprint density at radius 2 is 1.93 bits per heavy atom. The lowest BCUT2D eigenvalue weighted by Gasteiger charge is -2.10. The molecule has 0 bridgehead atoms. The Hall–Kier alpha value is -0.540. The normalized spacial score (nSPS) is 16.3. The van der Waals surface area contributed by atoms with Gasteiger partial charge in [-0.15, -0.1) is 0 Å². The first-order chi connectivity index (χ1) is 7.25. The van der Waals surface area contributed by atoms with Crippen molar-refractivity contribution in [1.82, 2.24) is 0 Å². The molecular formula is C12H11BrOS. The van der Waals surface area contributed by atoms with Gasteiger partial charge in [-0.3, -0.25) is 4.79 Å². The van der Waals surface area contributed by atoms with Crippen molar-refractivity contribution in [2.45, 2.75) is 24.2 Å². The maximum Gasteiger partial charge on any atom is 0.169 e. The number of carbonyl (C=O) groups excluding carboxylic acids is 1. The zero-order valence-corrected chi connectivity index (χ0v) is 10.6. The van der Waals surface area contributed by atoms with E-state index in [2.05, 4.69) is 22.0 Å². The lowest BCUT2D eigenvalue weighted by molar-refractivity contribution is -0.115. The highest BCUT2D eigenvalue weighted by Crippen LogP contribution is 2.31. The minimum atomic E-state index is 0.286. The fourth-order valence-electron chi connectivity index (χ4n) is 1.46.